The van der Waals surface area contributed by atoms with Gasteiger partial charge in [0, 0.05) is 11.5 Å². The van der Waals surface area contributed by atoms with Crippen LogP contribution in [-0.4, -0.2) is 19.2 Å². The molecule has 1 aromatic heterocycles. The van der Waals surface area contributed by atoms with E-state index >= 15 is 0 Å². The predicted molar refractivity (Wildman–Crippen MR) is 88.4 cm³/mol. The number of benzene rings is 2. The molecule has 0 atom stereocenters. The molecule has 0 aliphatic heterocycles. The molecule has 5 heteroatoms. The summed E-state index contributed by atoms with van der Waals surface area (Å²) in [5.41, 5.74) is 1.28. The van der Waals surface area contributed by atoms with Crippen LogP contribution in [0.2, 0.25) is 0 Å². The smallest absolute Gasteiger partial charge is 0.294 e. The van der Waals surface area contributed by atoms with Gasteiger partial charge in [-0.05, 0) is 17.7 Å². The average Bonchev–Trinajstić information content (AvgIpc) is 2.59. The van der Waals surface area contributed by atoms with E-state index in [9.17, 15) is 4.79 Å². The highest BCUT2D eigenvalue weighted by atomic mass is 16.5. The summed E-state index contributed by atoms with van der Waals surface area (Å²) in [6, 6.07) is 15.0. The molecule has 3 aromatic rings. The third-order valence-corrected chi connectivity index (χ3v) is 3.56. The van der Waals surface area contributed by atoms with Gasteiger partial charge in [-0.1, -0.05) is 30.3 Å². The molecule has 3 rings (SSSR count). The SMILES string of the molecule is COc1ccc2c(OC)c(OCc3ccccc3)c(=O)[nH]c2c1. The lowest BCUT2D eigenvalue weighted by Crippen LogP contribution is -2.13. The molecule has 0 spiro atoms. The fraction of sp³-hybridized carbons (Fsp3) is 0.167. The highest BCUT2D eigenvalue weighted by molar-refractivity contribution is 5.88. The number of pyridine rings is 1. The minimum atomic E-state index is -0.335. The van der Waals surface area contributed by atoms with E-state index in [0.29, 0.717) is 23.6 Å². The molecular weight excluding hydrogens is 294 g/mol. The van der Waals surface area contributed by atoms with E-state index in [2.05, 4.69) is 4.98 Å². The maximum absolute atomic E-state index is 12.3. The fourth-order valence-electron chi connectivity index (χ4n) is 2.42. The molecular formula is C18H17NO4. The Morgan fingerprint density at radius 3 is 2.43 bits per heavy atom. The van der Waals surface area contributed by atoms with Crippen molar-refractivity contribution in [2.24, 2.45) is 0 Å². The Labute approximate surface area is 133 Å². The summed E-state index contributed by atoms with van der Waals surface area (Å²) in [5.74, 6) is 1.25. The Balaban J connectivity index is 2.02. The molecule has 5 nitrogen and oxygen atoms in total. The topological polar surface area (TPSA) is 60.6 Å². The quantitative estimate of drug-likeness (QED) is 0.786. The first kappa shape index (κ1) is 15.0. The van der Waals surface area contributed by atoms with Crippen molar-refractivity contribution >= 4 is 10.9 Å². The van der Waals surface area contributed by atoms with Gasteiger partial charge in [0.2, 0.25) is 5.75 Å². The molecule has 0 bridgehead atoms. The largest absolute Gasteiger partial charge is 0.497 e. The first-order valence-corrected chi connectivity index (χ1v) is 7.17. The Morgan fingerprint density at radius 1 is 0.957 bits per heavy atom. The summed E-state index contributed by atoms with van der Waals surface area (Å²) in [7, 11) is 3.10. The fourth-order valence-corrected chi connectivity index (χ4v) is 2.42. The standard InChI is InChI=1S/C18H17NO4/c1-21-13-8-9-14-15(10-13)19-18(20)17(16(14)22-2)23-11-12-6-4-3-5-7-12/h3-10H,11H2,1-2H3,(H,19,20). The van der Waals surface area contributed by atoms with Gasteiger partial charge >= 0.3 is 0 Å². The molecule has 0 saturated heterocycles. The molecule has 118 valence electrons. The average molecular weight is 311 g/mol. The molecule has 23 heavy (non-hydrogen) atoms. The number of methoxy groups -OCH3 is 2. The van der Waals surface area contributed by atoms with Crippen molar-refractivity contribution in [1.29, 1.82) is 0 Å². The van der Waals surface area contributed by atoms with Crippen molar-refractivity contribution in [2.75, 3.05) is 14.2 Å². The molecule has 0 amide bonds. The van der Waals surface area contributed by atoms with Gasteiger partial charge in [0.25, 0.3) is 5.56 Å². The van der Waals surface area contributed by atoms with E-state index in [1.807, 2.05) is 42.5 Å². The lowest BCUT2D eigenvalue weighted by molar-refractivity contribution is 0.282. The number of hydrogen-bond donors (Lipinski definition) is 1. The van der Waals surface area contributed by atoms with Crippen molar-refractivity contribution in [3.05, 3.63) is 64.4 Å². The van der Waals surface area contributed by atoms with Gasteiger partial charge in [0.1, 0.15) is 12.4 Å². The number of aromatic amines is 1. The maximum Gasteiger partial charge on any atom is 0.294 e. The first-order valence-electron chi connectivity index (χ1n) is 7.17. The van der Waals surface area contributed by atoms with Crippen molar-refractivity contribution in [1.82, 2.24) is 4.98 Å². The van der Waals surface area contributed by atoms with Gasteiger partial charge in [-0.15, -0.1) is 0 Å². The number of ether oxygens (including phenoxy) is 3. The van der Waals surface area contributed by atoms with Gasteiger partial charge in [0.15, 0.2) is 5.75 Å². The van der Waals surface area contributed by atoms with E-state index in [1.54, 1.807) is 13.2 Å². The Morgan fingerprint density at radius 2 is 1.74 bits per heavy atom. The second-order valence-corrected chi connectivity index (χ2v) is 5.00. The summed E-state index contributed by atoms with van der Waals surface area (Å²) in [5, 5.41) is 0.760. The van der Waals surface area contributed by atoms with Crippen LogP contribution >= 0.6 is 0 Å². The van der Waals surface area contributed by atoms with E-state index in [0.717, 1.165) is 10.9 Å². The molecule has 0 saturated carbocycles. The zero-order chi connectivity index (χ0) is 16.2. The van der Waals surface area contributed by atoms with Gasteiger partial charge in [-0.2, -0.15) is 0 Å². The summed E-state index contributed by atoms with van der Waals surface area (Å²) in [6.45, 7) is 0.294. The lowest BCUT2D eigenvalue weighted by Gasteiger charge is -2.13. The van der Waals surface area contributed by atoms with Crippen LogP contribution in [0.15, 0.2) is 53.3 Å². The number of fused-ring (bicyclic) bond motifs is 1. The lowest BCUT2D eigenvalue weighted by atomic mass is 10.2. The number of hydrogen-bond acceptors (Lipinski definition) is 4. The molecule has 0 fully saturated rings. The Bertz CT molecular complexity index is 871. The molecule has 0 unspecified atom stereocenters. The molecule has 0 aliphatic rings. The zero-order valence-electron chi connectivity index (χ0n) is 13.0. The summed E-state index contributed by atoms with van der Waals surface area (Å²) in [6.07, 6.45) is 0. The van der Waals surface area contributed by atoms with Crippen molar-refractivity contribution in [3.8, 4) is 17.2 Å². The summed E-state index contributed by atoms with van der Waals surface area (Å²) in [4.78, 5) is 15.1. The number of aromatic nitrogens is 1. The van der Waals surface area contributed by atoms with Crippen molar-refractivity contribution in [2.45, 2.75) is 6.61 Å². The molecule has 1 heterocycles. The summed E-state index contributed by atoms with van der Waals surface area (Å²) >= 11 is 0. The van der Waals surface area contributed by atoms with Crippen LogP contribution in [0, 0.1) is 0 Å². The Hall–Kier alpha value is -2.95. The normalized spacial score (nSPS) is 10.5. The van der Waals surface area contributed by atoms with Crippen LogP contribution < -0.4 is 19.8 Å². The van der Waals surface area contributed by atoms with Crippen LogP contribution in [0.1, 0.15) is 5.56 Å². The molecule has 1 N–H and O–H groups in total. The molecule has 2 aromatic carbocycles. The van der Waals surface area contributed by atoms with Crippen LogP contribution in [0.4, 0.5) is 0 Å². The number of nitrogens with one attached hydrogen (secondary N) is 1. The van der Waals surface area contributed by atoms with E-state index < -0.39 is 0 Å². The first-order chi connectivity index (χ1) is 11.2. The molecule has 0 radical (unpaired) electrons. The van der Waals surface area contributed by atoms with Crippen molar-refractivity contribution in [3.63, 3.8) is 0 Å². The maximum atomic E-state index is 12.3. The second kappa shape index (κ2) is 6.44. The van der Waals surface area contributed by atoms with Gasteiger partial charge in [-0.3, -0.25) is 4.79 Å². The van der Waals surface area contributed by atoms with Gasteiger partial charge < -0.3 is 19.2 Å². The second-order valence-electron chi connectivity index (χ2n) is 5.00. The van der Waals surface area contributed by atoms with Gasteiger partial charge in [0.05, 0.1) is 19.7 Å². The van der Waals surface area contributed by atoms with E-state index in [4.69, 9.17) is 14.2 Å². The monoisotopic (exact) mass is 311 g/mol. The van der Waals surface area contributed by atoms with Crippen LogP contribution in [0.25, 0.3) is 10.9 Å². The number of H-pyrrole nitrogens is 1. The highest BCUT2D eigenvalue weighted by Crippen LogP contribution is 2.33. The van der Waals surface area contributed by atoms with E-state index in [-0.39, 0.29) is 11.3 Å². The minimum absolute atomic E-state index is 0.175. The Kier molecular flexibility index (Phi) is 4.19. The van der Waals surface area contributed by atoms with Crippen LogP contribution in [0.3, 0.4) is 0 Å². The van der Waals surface area contributed by atoms with E-state index in [1.165, 1.54) is 7.11 Å². The number of rotatable bonds is 5. The van der Waals surface area contributed by atoms with Crippen LogP contribution in [0.5, 0.6) is 17.2 Å². The third-order valence-electron chi connectivity index (χ3n) is 3.56. The van der Waals surface area contributed by atoms with Gasteiger partial charge in [-0.25, -0.2) is 0 Å². The third kappa shape index (κ3) is 2.99. The van der Waals surface area contributed by atoms with Crippen molar-refractivity contribution < 1.29 is 14.2 Å². The van der Waals surface area contributed by atoms with Crippen LogP contribution in [-0.2, 0) is 6.61 Å². The zero-order valence-corrected chi connectivity index (χ0v) is 13.0. The highest BCUT2D eigenvalue weighted by Gasteiger charge is 2.15. The summed E-state index contributed by atoms with van der Waals surface area (Å²) < 4.78 is 16.3. The predicted octanol–water partition coefficient (Wildman–Crippen LogP) is 3.12. The molecule has 0 aliphatic carbocycles. The minimum Gasteiger partial charge on any atom is -0.497 e.